The molecule has 1 amide bonds. The lowest BCUT2D eigenvalue weighted by Crippen LogP contribution is -2.14. The molecular formula is C17H13Cl2N5O3S. The van der Waals surface area contributed by atoms with Crippen molar-refractivity contribution in [2.45, 2.75) is 5.16 Å². The zero-order valence-corrected chi connectivity index (χ0v) is 16.8. The number of nitrogens with zero attached hydrogens (tertiary/aromatic N) is 4. The molecule has 0 saturated carbocycles. The number of aromatic nitrogens is 3. The van der Waals surface area contributed by atoms with Crippen LogP contribution in [0.1, 0.15) is 0 Å². The first-order valence-electron chi connectivity index (χ1n) is 7.87. The van der Waals surface area contributed by atoms with Crippen molar-refractivity contribution in [1.82, 2.24) is 14.8 Å². The van der Waals surface area contributed by atoms with Gasteiger partial charge in [0.25, 0.3) is 5.69 Å². The zero-order valence-electron chi connectivity index (χ0n) is 14.4. The molecule has 0 aliphatic heterocycles. The lowest BCUT2D eigenvalue weighted by Gasteiger charge is -2.07. The monoisotopic (exact) mass is 437 g/mol. The van der Waals surface area contributed by atoms with Crippen molar-refractivity contribution in [3.05, 3.63) is 62.6 Å². The number of nitrogens with one attached hydrogen (secondary N) is 1. The van der Waals surface area contributed by atoms with Crippen molar-refractivity contribution in [2.24, 2.45) is 7.05 Å². The number of rotatable bonds is 6. The van der Waals surface area contributed by atoms with Crippen LogP contribution in [0.5, 0.6) is 0 Å². The van der Waals surface area contributed by atoms with E-state index in [9.17, 15) is 14.9 Å². The van der Waals surface area contributed by atoms with Gasteiger partial charge in [0.15, 0.2) is 11.0 Å². The van der Waals surface area contributed by atoms with Gasteiger partial charge in [-0.05, 0) is 18.2 Å². The third kappa shape index (κ3) is 4.44. The normalized spacial score (nSPS) is 10.7. The second-order valence-corrected chi connectivity index (χ2v) is 7.36. The first-order chi connectivity index (χ1) is 13.4. The molecule has 0 saturated heterocycles. The average molecular weight is 438 g/mol. The number of carbonyl (C=O) groups is 1. The number of amides is 1. The van der Waals surface area contributed by atoms with Gasteiger partial charge in [0, 0.05) is 24.7 Å². The molecule has 1 N–H and O–H groups in total. The van der Waals surface area contributed by atoms with Gasteiger partial charge in [-0.1, -0.05) is 47.1 Å². The van der Waals surface area contributed by atoms with E-state index in [1.807, 2.05) is 18.2 Å². The Balaban J connectivity index is 1.66. The van der Waals surface area contributed by atoms with E-state index >= 15 is 0 Å². The summed E-state index contributed by atoms with van der Waals surface area (Å²) in [6, 6.07) is 11.1. The molecule has 0 radical (unpaired) electrons. The first-order valence-corrected chi connectivity index (χ1v) is 9.62. The lowest BCUT2D eigenvalue weighted by atomic mass is 10.2. The molecule has 0 aliphatic carbocycles. The van der Waals surface area contributed by atoms with E-state index in [1.165, 1.54) is 30.0 Å². The second kappa shape index (κ2) is 8.59. The van der Waals surface area contributed by atoms with Crippen LogP contribution in [0.25, 0.3) is 11.4 Å². The number of anilines is 1. The summed E-state index contributed by atoms with van der Waals surface area (Å²) in [6.07, 6.45) is 0. The Kier molecular flexibility index (Phi) is 6.18. The molecule has 2 aromatic carbocycles. The van der Waals surface area contributed by atoms with Crippen molar-refractivity contribution in [3.8, 4) is 11.4 Å². The molecule has 8 nitrogen and oxygen atoms in total. The highest BCUT2D eigenvalue weighted by Gasteiger charge is 2.16. The van der Waals surface area contributed by atoms with Gasteiger partial charge >= 0.3 is 0 Å². The van der Waals surface area contributed by atoms with Crippen LogP contribution in [0.3, 0.4) is 0 Å². The zero-order chi connectivity index (χ0) is 20.3. The molecule has 28 heavy (non-hydrogen) atoms. The minimum atomic E-state index is -0.558. The number of halogens is 2. The predicted octanol–water partition coefficient (Wildman–Crippen LogP) is 4.43. The van der Waals surface area contributed by atoms with Crippen LogP contribution in [0.2, 0.25) is 10.0 Å². The Morgan fingerprint density at radius 1 is 1.21 bits per heavy atom. The predicted molar refractivity (Wildman–Crippen MR) is 109 cm³/mol. The summed E-state index contributed by atoms with van der Waals surface area (Å²) in [5.74, 6) is 0.317. The third-order valence-electron chi connectivity index (χ3n) is 3.72. The summed E-state index contributed by atoms with van der Waals surface area (Å²) in [5, 5.41) is 22.8. The van der Waals surface area contributed by atoms with Crippen LogP contribution < -0.4 is 5.32 Å². The number of non-ortho nitro benzene ring substituents is 1. The minimum Gasteiger partial charge on any atom is -0.324 e. The van der Waals surface area contributed by atoms with E-state index in [0.29, 0.717) is 21.7 Å². The molecule has 0 aliphatic rings. The van der Waals surface area contributed by atoms with Gasteiger partial charge in [0.1, 0.15) is 0 Å². The quantitative estimate of drug-likeness (QED) is 0.347. The molecule has 11 heteroatoms. The fourth-order valence-electron chi connectivity index (χ4n) is 2.35. The Hall–Kier alpha value is -2.62. The number of carbonyl (C=O) groups excluding carboxylic acids is 1. The standard InChI is InChI=1S/C17H13Cl2N5O3S/c1-23-16(11-4-2-3-5-12(11)18)21-22-17(23)28-9-15(25)20-14-7-6-10(24(26)27)8-13(14)19/h2-8H,9H2,1H3,(H,20,25). The maximum absolute atomic E-state index is 12.2. The SMILES string of the molecule is Cn1c(SCC(=O)Nc2ccc([N+](=O)[O-])cc2Cl)nnc1-c1ccccc1Cl. The smallest absolute Gasteiger partial charge is 0.271 e. The second-order valence-electron chi connectivity index (χ2n) is 5.60. The van der Waals surface area contributed by atoms with E-state index in [1.54, 1.807) is 17.7 Å². The van der Waals surface area contributed by atoms with E-state index in [4.69, 9.17) is 23.2 Å². The van der Waals surface area contributed by atoms with Crippen LogP contribution in [0, 0.1) is 10.1 Å². The molecule has 3 rings (SSSR count). The molecule has 0 bridgehead atoms. The number of hydrogen-bond donors (Lipinski definition) is 1. The minimum absolute atomic E-state index is 0.0574. The van der Waals surface area contributed by atoms with Crippen LogP contribution in [0.4, 0.5) is 11.4 Å². The maximum Gasteiger partial charge on any atom is 0.271 e. The van der Waals surface area contributed by atoms with Crippen molar-refractivity contribution in [1.29, 1.82) is 0 Å². The highest BCUT2D eigenvalue weighted by atomic mass is 35.5. The van der Waals surface area contributed by atoms with E-state index in [2.05, 4.69) is 15.5 Å². The van der Waals surface area contributed by atoms with Crippen molar-refractivity contribution < 1.29 is 9.72 Å². The summed E-state index contributed by atoms with van der Waals surface area (Å²) in [4.78, 5) is 22.4. The maximum atomic E-state index is 12.2. The summed E-state index contributed by atoms with van der Waals surface area (Å²) in [6.45, 7) is 0. The highest BCUT2D eigenvalue weighted by Crippen LogP contribution is 2.29. The van der Waals surface area contributed by atoms with Gasteiger partial charge in [-0.2, -0.15) is 0 Å². The van der Waals surface area contributed by atoms with Gasteiger partial charge < -0.3 is 9.88 Å². The van der Waals surface area contributed by atoms with Gasteiger partial charge in [-0.3, -0.25) is 14.9 Å². The number of benzene rings is 2. The van der Waals surface area contributed by atoms with Gasteiger partial charge in [-0.15, -0.1) is 10.2 Å². The Morgan fingerprint density at radius 3 is 2.64 bits per heavy atom. The summed E-state index contributed by atoms with van der Waals surface area (Å²) < 4.78 is 1.75. The topological polar surface area (TPSA) is 103 Å². The third-order valence-corrected chi connectivity index (χ3v) is 5.38. The van der Waals surface area contributed by atoms with Crippen LogP contribution in [-0.2, 0) is 11.8 Å². The fraction of sp³-hybridized carbons (Fsp3) is 0.118. The molecule has 3 aromatic rings. The molecule has 0 spiro atoms. The van der Waals surface area contributed by atoms with Crippen LogP contribution in [-0.4, -0.2) is 31.3 Å². The van der Waals surface area contributed by atoms with Gasteiger partial charge in [-0.25, -0.2) is 0 Å². The van der Waals surface area contributed by atoms with E-state index in [-0.39, 0.29) is 22.4 Å². The summed E-state index contributed by atoms with van der Waals surface area (Å²) in [5.41, 5.74) is 0.893. The number of nitro groups is 1. The first kappa shape index (κ1) is 20.1. The molecule has 0 atom stereocenters. The Morgan fingerprint density at radius 2 is 1.96 bits per heavy atom. The van der Waals surface area contributed by atoms with Gasteiger partial charge in [0.2, 0.25) is 5.91 Å². The number of thioether (sulfide) groups is 1. The Bertz CT molecular complexity index is 1060. The molecule has 144 valence electrons. The summed E-state index contributed by atoms with van der Waals surface area (Å²) >= 11 is 13.4. The fourth-order valence-corrected chi connectivity index (χ4v) is 3.51. The van der Waals surface area contributed by atoms with Crippen LogP contribution >= 0.6 is 35.0 Å². The van der Waals surface area contributed by atoms with E-state index < -0.39 is 4.92 Å². The highest BCUT2D eigenvalue weighted by molar-refractivity contribution is 7.99. The van der Waals surface area contributed by atoms with Crippen molar-refractivity contribution >= 4 is 52.2 Å². The molecule has 1 aromatic heterocycles. The molecular weight excluding hydrogens is 425 g/mol. The lowest BCUT2D eigenvalue weighted by molar-refractivity contribution is -0.384. The van der Waals surface area contributed by atoms with Crippen LogP contribution in [0.15, 0.2) is 47.6 Å². The average Bonchev–Trinajstić information content (AvgIpc) is 3.02. The van der Waals surface area contributed by atoms with Gasteiger partial charge in [0.05, 0.1) is 26.4 Å². The molecule has 0 unspecified atom stereocenters. The molecule has 1 heterocycles. The number of hydrogen-bond acceptors (Lipinski definition) is 6. The summed E-state index contributed by atoms with van der Waals surface area (Å²) in [7, 11) is 1.78. The molecule has 0 fully saturated rings. The Labute approximate surface area is 174 Å². The van der Waals surface area contributed by atoms with Crippen molar-refractivity contribution in [2.75, 3.05) is 11.1 Å². The van der Waals surface area contributed by atoms with Crippen molar-refractivity contribution in [3.63, 3.8) is 0 Å². The number of nitro benzene ring substituents is 1. The van der Waals surface area contributed by atoms with E-state index in [0.717, 1.165) is 5.56 Å². The largest absolute Gasteiger partial charge is 0.324 e.